The number of hydrogen-bond acceptors (Lipinski definition) is 7. The molecule has 4 aromatic rings. The number of rotatable bonds is 5. The van der Waals surface area contributed by atoms with Crippen molar-refractivity contribution in [2.24, 2.45) is 0 Å². The first-order chi connectivity index (χ1) is 16.2. The number of nitrogens with one attached hydrogen (secondary N) is 1. The van der Waals surface area contributed by atoms with Crippen molar-refractivity contribution in [2.45, 2.75) is 25.4 Å². The van der Waals surface area contributed by atoms with Gasteiger partial charge >= 0.3 is 0 Å². The summed E-state index contributed by atoms with van der Waals surface area (Å²) >= 11 is 0. The van der Waals surface area contributed by atoms with Crippen molar-refractivity contribution < 1.29 is 13.9 Å². The van der Waals surface area contributed by atoms with E-state index in [9.17, 15) is 9.65 Å². The molecule has 0 spiro atoms. The zero-order chi connectivity index (χ0) is 22.4. The normalized spacial score (nSPS) is 17.2. The van der Waals surface area contributed by atoms with Crippen LogP contribution in [0.1, 0.15) is 29.3 Å². The Morgan fingerprint density at radius 3 is 3.03 bits per heavy atom. The molecule has 3 aromatic heterocycles. The van der Waals surface area contributed by atoms with Crippen LogP contribution in [0.5, 0.6) is 5.75 Å². The monoisotopic (exact) mass is 445 g/mol. The topological polar surface area (TPSA) is 102 Å². The zero-order valence-electron chi connectivity index (χ0n) is 17.7. The lowest BCUT2D eigenvalue weighted by molar-refractivity contribution is 0.184. The maximum absolute atomic E-state index is 14.5. The zero-order valence-corrected chi connectivity index (χ0v) is 17.7. The van der Waals surface area contributed by atoms with Gasteiger partial charge in [-0.2, -0.15) is 10.4 Å². The summed E-state index contributed by atoms with van der Waals surface area (Å²) in [4.78, 5) is 9.03. The Balaban J connectivity index is 1.35. The third-order valence-electron chi connectivity index (χ3n) is 6.16. The number of hydrogen-bond donors (Lipinski definition) is 1. The summed E-state index contributed by atoms with van der Waals surface area (Å²) < 4.78 is 29.2. The Labute approximate surface area is 188 Å². The SMILES string of the molecule is N#Cc1cn2c(NCc3c(F)ccc4c3CCO4)ncc(-c3cnn(C4CCOC4)c3)c2n1. The first-order valence-corrected chi connectivity index (χ1v) is 10.8. The van der Waals surface area contributed by atoms with Crippen LogP contribution >= 0.6 is 0 Å². The predicted molar refractivity (Wildman–Crippen MR) is 116 cm³/mol. The molecule has 5 heterocycles. The van der Waals surface area contributed by atoms with Gasteiger partial charge < -0.3 is 14.8 Å². The van der Waals surface area contributed by atoms with Crippen molar-refractivity contribution in [1.29, 1.82) is 5.26 Å². The van der Waals surface area contributed by atoms with Crippen LogP contribution in [-0.4, -0.2) is 44.0 Å². The highest BCUT2D eigenvalue weighted by Gasteiger charge is 2.22. The number of aromatic nitrogens is 5. The second-order valence-corrected chi connectivity index (χ2v) is 8.11. The summed E-state index contributed by atoms with van der Waals surface area (Å²) in [5, 5.41) is 17.1. The molecule has 2 aliphatic rings. The number of ether oxygens (including phenoxy) is 2. The molecule has 0 radical (unpaired) electrons. The van der Waals surface area contributed by atoms with Gasteiger partial charge in [0.2, 0.25) is 5.95 Å². The second-order valence-electron chi connectivity index (χ2n) is 8.11. The Morgan fingerprint density at radius 2 is 2.18 bits per heavy atom. The van der Waals surface area contributed by atoms with Gasteiger partial charge in [-0.1, -0.05) is 0 Å². The third-order valence-corrected chi connectivity index (χ3v) is 6.16. The Hall–Kier alpha value is -3.97. The van der Waals surface area contributed by atoms with Gasteiger partial charge in [-0.25, -0.2) is 14.4 Å². The van der Waals surface area contributed by atoms with E-state index in [0.717, 1.165) is 35.5 Å². The summed E-state index contributed by atoms with van der Waals surface area (Å²) in [5.41, 5.74) is 3.89. The molecule has 1 N–H and O–H groups in total. The Kier molecular flexibility index (Phi) is 4.69. The molecule has 1 atom stereocenters. The average molecular weight is 445 g/mol. The van der Waals surface area contributed by atoms with Crippen LogP contribution in [0.4, 0.5) is 10.3 Å². The Morgan fingerprint density at radius 1 is 1.24 bits per heavy atom. The van der Waals surface area contributed by atoms with Crippen molar-refractivity contribution in [1.82, 2.24) is 24.1 Å². The first-order valence-electron chi connectivity index (χ1n) is 10.8. The number of nitrogens with zero attached hydrogens (tertiary/aromatic N) is 6. The molecule has 0 saturated carbocycles. The second kappa shape index (κ2) is 7.86. The van der Waals surface area contributed by atoms with E-state index in [1.165, 1.54) is 6.07 Å². The number of anilines is 1. The van der Waals surface area contributed by atoms with Crippen LogP contribution in [0, 0.1) is 17.1 Å². The fourth-order valence-electron chi connectivity index (χ4n) is 4.45. The average Bonchev–Trinajstić information content (AvgIpc) is 3.63. The van der Waals surface area contributed by atoms with E-state index in [1.54, 1.807) is 29.1 Å². The maximum atomic E-state index is 14.5. The standard InChI is InChI=1S/C23H20FN7O2/c24-20-1-2-21-17(4-6-33-21)19(20)10-27-23-26-9-18(22-29-15(7-25)12-30(22)23)14-8-28-31(11-14)16-3-5-32-13-16/h1-2,8-9,11-12,16H,3-6,10,13H2,(H,26,27). The summed E-state index contributed by atoms with van der Waals surface area (Å²) in [6.45, 7) is 2.16. The van der Waals surface area contributed by atoms with Crippen LogP contribution in [0.3, 0.4) is 0 Å². The minimum absolute atomic E-state index is 0.213. The lowest BCUT2D eigenvalue weighted by Crippen LogP contribution is -2.10. The summed E-state index contributed by atoms with van der Waals surface area (Å²) in [5.74, 6) is 0.905. The van der Waals surface area contributed by atoms with E-state index in [-0.39, 0.29) is 24.1 Å². The molecule has 6 rings (SSSR count). The molecule has 33 heavy (non-hydrogen) atoms. The van der Waals surface area contributed by atoms with Crippen molar-refractivity contribution in [3.05, 3.63) is 59.6 Å². The van der Waals surface area contributed by atoms with Crippen molar-refractivity contribution in [3.8, 4) is 22.9 Å². The number of imidazole rings is 1. The highest BCUT2D eigenvalue weighted by Crippen LogP contribution is 2.31. The van der Waals surface area contributed by atoms with Crippen molar-refractivity contribution >= 4 is 11.6 Å². The minimum atomic E-state index is -0.286. The quantitative estimate of drug-likeness (QED) is 0.504. The van der Waals surface area contributed by atoms with Crippen molar-refractivity contribution in [2.75, 3.05) is 25.1 Å². The molecule has 1 aromatic carbocycles. The number of fused-ring (bicyclic) bond motifs is 2. The summed E-state index contributed by atoms with van der Waals surface area (Å²) in [6, 6.07) is 5.39. The molecule has 10 heteroatoms. The summed E-state index contributed by atoms with van der Waals surface area (Å²) in [6.07, 6.45) is 8.64. The van der Waals surface area contributed by atoms with E-state index in [1.807, 2.05) is 10.9 Å². The van der Waals surface area contributed by atoms with E-state index in [0.29, 0.717) is 36.8 Å². The number of nitriles is 1. The lowest BCUT2D eigenvalue weighted by Gasteiger charge is -2.12. The van der Waals surface area contributed by atoms with E-state index in [4.69, 9.17) is 9.47 Å². The molecule has 9 nitrogen and oxygen atoms in total. The lowest BCUT2D eigenvalue weighted by atomic mass is 10.0. The minimum Gasteiger partial charge on any atom is -0.493 e. The highest BCUT2D eigenvalue weighted by atomic mass is 19.1. The Bertz CT molecular complexity index is 1400. The van der Waals surface area contributed by atoms with Crippen LogP contribution < -0.4 is 10.1 Å². The molecule has 0 amide bonds. The fourth-order valence-corrected chi connectivity index (χ4v) is 4.45. The third kappa shape index (κ3) is 3.37. The van der Waals surface area contributed by atoms with Crippen LogP contribution in [-0.2, 0) is 17.7 Å². The number of halogens is 1. The fraction of sp³-hybridized carbons (Fsp3) is 0.304. The highest BCUT2D eigenvalue weighted by molar-refractivity contribution is 5.77. The van der Waals surface area contributed by atoms with Gasteiger partial charge in [-0.15, -0.1) is 0 Å². The van der Waals surface area contributed by atoms with Gasteiger partial charge in [-0.05, 0) is 18.6 Å². The molecule has 1 saturated heterocycles. The van der Waals surface area contributed by atoms with E-state index >= 15 is 0 Å². The van der Waals surface area contributed by atoms with Crippen LogP contribution in [0.2, 0.25) is 0 Å². The molecule has 2 aliphatic heterocycles. The largest absolute Gasteiger partial charge is 0.493 e. The molecule has 1 unspecified atom stereocenters. The van der Waals surface area contributed by atoms with E-state index in [2.05, 4.69) is 26.5 Å². The maximum Gasteiger partial charge on any atom is 0.208 e. The van der Waals surface area contributed by atoms with Crippen molar-refractivity contribution in [3.63, 3.8) is 0 Å². The van der Waals surface area contributed by atoms with Crippen LogP contribution in [0.25, 0.3) is 16.8 Å². The van der Waals surface area contributed by atoms with E-state index < -0.39 is 0 Å². The van der Waals surface area contributed by atoms with Gasteiger partial charge in [-0.3, -0.25) is 9.08 Å². The number of benzene rings is 1. The van der Waals surface area contributed by atoms with Gasteiger partial charge in [0.15, 0.2) is 11.3 Å². The molecule has 1 fully saturated rings. The van der Waals surface area contributed by atoms with Crippen LogP contribution in [0.15, 0.2) is 36.9 Å². The van der Waals surface area contributed by atoms with Gasteiger partial charge in [0, 0.05) is 54.2 Å². The predicted octanol–water partition coefficient (Wildman–Crippen LogP) is 3.11. The van der Waals surface area contributed by atoms with Gasteiger partial charge in [0.05, 0.1) is 31.6 Å². The molecule has 0 aliphatic carbocycles. The van der Waals surface area contributed by atoms with Gasteiger partial charge in [0.25, 0.3) is 0 Å². The molecular formula is C23H20FN7O2. The molecular weight excluding hydrogens is 425 g/mol. The molecule has 166 valence electrons. The molecule has 0 bridgehead atoms. The first kappa shape index (κ1) is 19.7. The smallest absolute Gasteiger partial charge is 0.208 e. The van der Waals surface area contributed by atoms with Gasteiger partial charge in [0.1, 0.15) is 17.6 Å². The summed E-state index contributed by atoms with van der Waals surface area (Å²) in [7, 11) is 0.